The molecular formula is C16H13Cl3N2O. The van der Waals surface area contributed by atoms with E-state index in [1.54, 1.807) is 0 Å². The second-order valence-corrected chi connectivity index (χ2v) is 6.36. The predicted octanol–water partition coefficient (Wildman–Crippen LogP) is 4.85. The molecule has 0 saturated carbocycles. The molecule has 22 heavy (non-hydrogen) atoms. The molecule has 0 fully saturated rings. The number of rotatable bonds is 2. The minimum atomic E-state index is -0.342. The number of carbonyl (C=O) groups is 1. The molecule has 1 N–H and O–H groups in total. The zero-order valence-corrected chi connectivity index (χ0v) is 13.8. The molecule has 1 aliphatic rings. The Hall–Kier alpha value is -1.29. The number of carbonyl (C=O) groups excluding carboxylic acids is 1. The van der Waals surface area contributed by atoms with Gasteiger partial charge in [-0.1, -0.05) is 59.1 Å². The van der Waals surface area contributed by atoms with Gasteiger partial charge in [-0.3, -0.25) is 4.79 Å². The van der Waals surface area contributed by atoms with Crippen molar-refractivity contribution >= 4 is 40.7 Å². The molecule has 0 bridgehead atoms. The molecule has 0 saturated heterocycles. The molecular weight excluding hydrogens is 343 g/mol. The van der Waals surface area contributed by atoms with Gasteiger partial charge in [0, 0.05) is 6.20 Å². The number of aryl methyl sites for hydroxylation is 1. The van der Waals surface area contributed by atoms with Crippen molar-refractivity contribution in [3.8, 4) is 0 Å². The molecule has 1 aromatic heterocycles. The number of hydrogen-bond acceptors (Lipinski definition) is 2. The van der Waals surface area contributed by atoms with Crippen LogP contribution in [0.3, 0.4) is 0 Å². The number of amides is 1. The number of pyridine rings is 1. The highest BCUT2D eigenvalue weighted by Gasteiger charge is 2.24. The van der Waals surface area contributed by atoms with Crippen LogP contribution in [0.4, 0.5) is 0 Å². The standard InChI is InChI=1S/C16H13Cl3N2O/c17-11-8-20-15(14(19)13(11)18)16(22)21-12-7-3-5-9-4-1-2-6-10(9)12/h1-2,4,6,8,12H,3,5,7H2,(H,21,22)/t12-/m1/s1. The van der Waals surface area contributed by atoms with Crippen LogP contribution in [0.5, 0.6) is 0 Å². The van der Waals surface area contributed by atoms with Gasteiger partial charge in [-0.05, 0) is 30.4 Å². The summed E-state index contributed by atoms with van der Waals surface area (Å²) in [5.74, 6) is -0.342. The van der Waals surface area contributed by atoms with Crippen LogP contribution in [0.1, 0.15) is 40.5 Å². The van der Waals surface area contributed by atoms with Crippen LogP contribution >= 0.6 is 34.8 Å². The molecule has 1 heterocycles. The Morgan fingerprint density at radius 1 is 1.18 bits per heavy atom. The van der Waals surface area contributed by atoms with E-state index in [1.807, 2.05) is 18.2 Å². The van der Waals surface area contributed by atoms with Gasteiger partial charge < -0.3 is 5.32 Å². The minimum Gasteiger partial charge on any atom is -0.344 e. The van der Waals surface area contributed by atoms with E-state index >= 15 is 0 Å². The maximum atomic E-state index is 12.4. The molecule has 3 rings (SSSR count). The quantitative estimate of drug-likeness (QED) is 0.836. The molecule has 1 aromatic carbocycles. The van der Waals surface area contributed by atoms with Gasteiger partial charge in [-0.15, -0.1) is 0 Å². The van der Waals surface area contributed by atoms with Crippen LogP contribution < -0.4 is 5.32 Å². The van der Waals surface area contributed by atoms with E-state index in [-0.39, 0.29) is 32.7 Å². The summed E-state index contributed by atoms with van der Waals surface area (Å²) in [6.07, 6.45) is 4.29. The number of fused-ring (bicyclic) bond motifs is 1. The summed E-state index contributed by atoms with van der Waals surface area (Å²) < 4.78 is 0. The first-order chi connectivity index (χ1) is 10.6. The molecule has 6 heteroatoms. The Balaban J connectivity index is 1.86. The van der Waals surface area contributed by atoms with Crippen molar-refractivity contribution in [2.75, 3.05) is 0 Å². The maximum absolute atomic E-state index is 12.4. The van der Waals surface area contributed by atoms with Gasteiger partial charge in [0.05, 0.1) is 21.1 Å². The molecule has 0 radical (unpaired) electrons. The lowest BCUT2D eigenvalue weighted by molar-refractivity contribution is 0.0928. The van der Waals surface area contributed by atoms with Gasteiger partial charge in [0.25, 0.3) is 5.91 Å². The van der Waals surface area contributed by atoms with Crippen molar-refractivity contribution in [2.24, 2.45) is 0 Å². The van der Waals surface area contributed by atoms with Crippen LogP contribution in [-0.2, 0) is 6.42 Å². The molecule has 3 nitrogen and oxygen atoms in total. The highest BCUT2D eigenvalue weighted by atomic mass is 35.5. The summed E-state index contributed by atoms with van der Waals surface area (Å²) in [7, 11) is 0. The van der Waals surface area contributed by atoms with Crippen molar-refractivity contribution < 1.29 is 4.79 Å². The van der Waals surface area contributed by atoms with E-state index in [2.05, 4.69) is 16.4 Å². The first-order valence-electron chi connectivity index (χ1n) is 6.96. The first-order valence-corrected chi connectivity index (χ1v) is 8.09. The minimum absolute atomic E-state index is 0.0372. The lowest BCUT2D eigenvalue weighted by atomic mass is 9.87. The highest BCUT2D eigenvalue weighted by Crippen LogP contribution is 2.33. The van der Waals surface area contributed by atoms with Crippen molar-refractivity contribution in [3.05, 3.63) is 62.4 Å². The summed E-state index contributed by atoms with van der Waals surface area (Å²) in [5.41, 5.74) is 2.52. The Morgan fingerprint density at radius 2 is 1.95 bits per heavy atom. The summed E-state index contributed by atoms with van der Waals surface area (Å²) in [6.45, 7) is 0. The third kappa shape index (κ3) is 2.94. The Bertz CT molecular complexity index is 733. The number of hydrogen-bond donors (Lipinski definition) is 1. The highest BCUT2D eigenvalue weighted by molar-refractivity contribution is 6.48. The second kappa shape index (κ2) is 6.45. The molecule has 1 aliphatic carbocycles. The van der Waals surface area contributed by atoms with Crippen LogP contribution in [0.25, 0.3) is 0 Å². The lowest BCUT2D eigenvalue weighted by Gasteiger charge is -2.26. The van der Waals surface area contributed by atoms with E-state index in [1.165, 1.54) is 11.8 Å². The molecule has 2 aromatic rings. The first kappa shape index (κ1) is 15.6. The molecule has 0 unspecified atom stereocenters. The van der Waals surface area contributed by atoms with Gasteiger partial charge >= 0.3 is 0 Å². The van der Waals surface area contributed by atoms with Crippen molar-refractivity contribution in [1.29, 1.82) is 0 Å². The largest absolute Gasteiger partial charge is 0.344 e. The van der Waals surface area contributed by atoms with Crippen LogP contribution in [0.2, 0.25) is 15.1 Å². The number of aromatic nitrogens is 1. The van der Waals surface area contributed by atoms with Crippen LogP contribution in [0.15, 0.2) is 30.5 Å². The Morgan fingerprint density at radius 3 is 2.77 bits per heavy atom. The predicted molar refractivity (Wildman–Crippen MR) is 88.9 cm³/mol. The van der Waals surface area contributed by atoms with Gasteiger partial charge in [-0.2, -0.15) is 0 Å². The fourth-order valence-electron chi connectivity index (χ4n) is 2.73. The summed E-state index contributed by atoms with van der Waals surface area (Å²) >= 11 is 17.9. The molecule has 1 amide bonds. The molecule has 1 atom stereocenters. The van der Waals surface area contributed by atoms with Crippen LogP contribution in [-0.4, -0.2) is 10.9 Å². The summed E-state index contributed by atoms with van der Waals surface area (Å²) in [5, 5.41) is 3.44. The summed E-state index contributed by atoms with van der Waals surface area (Å²) in [6, 6.07) is 8.10. The monoisotopic (exact) mass is 354 g/mol. The molecule has 0 aliphatic heterocycles. The third-order valence-corrected chi connectivity index (χ3v) is 5.05. The van der Waals surface area contributed by atoms with E-state index in [9.17, 15) is 4.79 Å². The van der Waals surface area contributed by atoms with Gasteiger partial charge in [0.1, 0.15) is 5.69 Å². The maximum Gasteiger partial charge on any atom is 0.271 e. The van der Waals surface area contributed by atoms with E-state index in [0.717, 1.165) is 24.8 Å². The average molecular weight is 356 g/mol. The number of nitrogens with one attached hydrogen (secondary N) is 1. The normalized spacial score (nSPS) is 17.0. The average Bonchev–Trinajstić information content (AvgIpc) is 2.53. The SMILES string of the molecule is O=C(N[C@@H]1CCCc2ccccc21)c1ncc(Cl)c(Cl)c1Cl. The van der Waals surface area contributed by atoms with Crippen molar-refractivity contribution in [3.63, 3.8) is 0 Å². The van der Waals surface area contributed by atoms with Gasteiger partial charge in [0.15, 0.2) is 0 Å². The zero-order chi connectivity index (χ0) is 15.7. The van der Waals surface area contributed by atoms with Gasteiger partial charge in [-0.25, -0.2) is 4.98 Å². The third-order valence-electron chi connectivity index (χ3n) is 3.81. The van der Waals surface area contributed by atoms with Crippen molar-refractivity contribution in [1.82, 2.24) is 10.3 Å². The van der Waals surface area contributed by atoms with Crippen LogP contribution in [0, 0.1) is 0 Å². The second-order valence-electron chi connectivity index (χ2n) is 5.20. The number of nitrogens with zero attached hydrogens (tertiary/aromatic N) is 1. The lowest BCUT2D eigenvalue weighted by Crippen LogP contribution is -2.31. The Labute approximate surface area is 143 Å². The van der Waals surface area contributed by atoms with E-state index < -0.39 is 0 Å². The fraction of sp³-hybridized carbons (Fsp3) is 0.250. The molecule has 0 spiro atoms. The topological polar surface area (TPSA) is 42.0 Å². The van der Waals surface area contributed by atoms with Gasteiger partial charge in [0.2, 0.25) is 0 Å². The smallest absolute Gasteiger partial charge is 0.271 e. The Kier molecular flexibility index (Phi) is 4.57. The van der Waals surface area contributed by atoms with E-state index in [4.69, 9.17) is 34.8 Å². The fourth-order valence-corrected chi connectivity index (χ4v) is 3.30. The summed E-state index contributed by atoms with van der Waals surface area (Å²) in [4.78, 5) is 16.4. The number of benzene rings is 1. The van der Waals surface area contributed by atoms with Crippen molar-refractivity contribution in [2.45, 2.75) is 25.3 Å². The number of halogens is 3. The molecule has 114 valence electrons. The van der Waals surface area contributed by atoms with E-state index in [0.29, 0.717) is 0 Å². The zero-order valence-electron chi connectivity index (χ0n) is 11.6.